The van der Waals surface area contributed by atoms with E-state index in [4.69, 9.17) is 16.3 Å². The summed E-state index contributed by atoms with van der Waals surface area (Å²) in [5.41, 5.74) is 17.7. The zero-order chi connectivity index (χ0) is 19.2. The number of rotatable bonds is 4. The predicted molar refractivity (Wildman–Crippen MR) is 110 cm³/mol. The standard InChI is InChI=1S/C19H18N4S.CH3NO/c20-19(21)23-24-16-5-3-12(4-6-16)17-10-18(17)14-1-2-15-11-22-8-7-13(15)9-14;2-1-3/h1-9,11,17-18H,10H2,(H4,20,21,23);1H,(H2,2,3)/t17-,18?;/m0./s1. The third-order valence-electron chi connectivity index (χ3n) is 4.45. The topological polar surface area (TPSA) is 120 Å². The molecule has 2 aromatic carbocycles. The zero-order valence-electron chi connectivity index (χ0n) is 14.7. The van der Waals surface area contributed by atoms with E-state index in [1.54, 1.807) is 0 Å². The van der Waals surface area contributed by atoms with Crippen molar-refractivity contribution in [3.05, 3.63) is 72.1 Å². The maximum Gasteiger partial charge on any atom is 0.204 e. The molecule has 138 valence electrons. The molecule has 0 bridgehead atoms. The maximum atomic E-state index is 8.58. The minimum atomic E-state index is 0.0952. The van der Waals surface area contributed by atoms with Gasteiger partial charge in [-0.3, -0.25) is 9.78 Å². The molecule has 7 heteroatoms. The molecular weight excluding hydrogens is 358 g/mol. The largest absolute Gasteiger partial charge is 0.372 e. The van der Waals surface area contributed by atoms with Gasteiger partial charge in [0.25, 0.3) is 0 Å². The van der Waals surface area contributed by atoms with E-state index in [1.165, 1.54) is 40.3 Å². The van der Waals surface area contributed by atoms with Crippen molar-refractivity contribution >= 4 is 35.1 Å². The van der Waals surface area contributed by atoms with Crippen LogP contribution in [-0.4, -0.2) is 17.4 Å². The van der Waals surface area contributed by atoms with Gasteiger partial charge in [0.2, 0.25) is 6.41 Å². The van der Waals surface area contributed by atoms with Crippen LogP contribution in [0.1, 0.15) is 29.4 Å². The minimum Gasteiger partial charge on any atom is -0.372 e. The number of nitrogens with two attached hydrogens (primary N) is 3. The smallest absolute Gasteiger partial charge is 0.204 e. The third kappa shape index (κ3) is 4.77. The van der Waals surface area contributed by atoms with Gasteiger partial charge in [-0.05, 0) is 53.0 Å². The van der Waals surface area contributed by atoms with E-state index >= 15 is 0 Å². The first kappa shape index (κ1) is 18.7. The van der Waals surface area contributed by atoms with E-state index in [9.17, 15) is 0 Å². The van der Waals surface area contributed by atoms with Gasteiger partial charge in [-0.25, -0.2) is 0 Å². The number of hydrogen-bond donors (Lipinski definition) is 3. The van der Waals surface area contributed by atoms with Gasteiger partial charge in [0, 0.05) is 34.6 Å². The molecule has 0 saturated heterocycles. The quantitative estimate of drug-likeness (QED) is 0.279. The van der Waals surface area contributed by atoms with Gasteiger partial charge < -0.3 is 17.2 Å². The lowest BCUT2D eigenvalue weighted by atomic mass is 10.0. The number of primary amides is 1. The van der Waals surface area contributed by atoms with Gasteiger partial charge in [-0.1, -0.05) is 30.3 Å². The van der Waals surface area contributed by atoms with E-state index in [2.05, 4.69) is 63.6 Å². The third-order valence-corrected chi connectivity index (χ3v) is 5.23. The van der Waals surface area contributed by atoms with E-state index in [1.807, 2.05) is 12.4 Å². The summed E-state index contributed by atoms with van der Waals surface area (Å²) in [4.78, 5) is 13.8. The van der Waals surface area contributed by atoms with Crippen LogP contribution in [-0.2, 0) is 4.79 Å². The first-order chi connectivity index (χ1) is 13.1. The van der Waals surface area contributed by atoms with E-state index in [-0.39, 0.29) is 12.4 Å². The van der Waals surface area contributed by atoms with Crippen molar-refractivity contribution in [2.45, 2.75) is 23.2 Å². The lowest BCUT2D eigenvalue weighted by molar-refractivity contribution is -0.106. The summed E-state index contributed by atoms with van der Waals surface area (Å²) in [6.07, 6.45) is 5.22. The van der Waals surface area contributed by atoms with Crippen LogP contribution in [0.4, 0.5) is 0 Å². The van der Waals surface area contributed by atoms with Gasteiger partial charge in [-0.2, -0.15) is 4.40 Å². The number of guanidine groups is 1. The summed E-state index contributed by atoms with van der Waals surface area (Å²) in [7, 11) is 0. The maximum absolute atomic E-state index is 8.58. The molecule has 1 aromatic heterocycles. The second kappa shape index (κ2) is 8.55. The average molecular weight is 379 g/mol. The molecule has 1 saturated carbocycles. The van der Waals surface area contributed by atoms with Crippen molar-refractivity contribution < 1.29 is 4.79 Å². The fraction of sp³-hybridized carbons (Fsp3) is 0.150. The Morgan fingerprint density at radius 3 is 2.41 bits per heavy atom. The molecule has 27 heavy (non-hydrogen) atoms. The number of aromatic nitrogens is 1. The van der Waals surface area contributed by atoms with Crippen molar-refractivity contribution in [2.75, 3.05) is 0 Å². The second-order valence-corrected chi connectivity index (χ2v) is 7.08. The summed E-state index contributed by atoms with van der Waals surface area (Å²) in [6, 6.07) is 17.3. The van der Waals surface area contributed by atoms with Crippen molar-refractivity contribution in [1.29, 1.82) is 0 Å². The molecule has 6 N–H and O–H groups in total. The van der Waals surface area contributed by atoms with Crippen LogP contribution in [0.2, 0.25) is 0 Å². The molecule has 3 aromatic rings. The van der Waals surface area contributed by atoms with Gasteiger partial charge in [-0.15, -0.1) is 0 Å². The highest BCUT2D eigenvalue weighted by atomic mass is 32.2. The Bertz CT molecular complexity index is 954. The fourth-order valence-electron chi connectivity index (χ4n) is 3.15. The van der Waals surface area contributed by atoms with Crippen molar-refractivity contribution in [1.82, 2.24) is 4.98 Å². The summed E-state index contributed by atoms with van der Waals surface area (Å²) < 4.78 is 3.96. The summed E-state index contributed by atoms with van der Waals surface area (Å²) in [6.45, 7) is 0. The second-order valence-electron chi connectivity index (χ2n) is 6.24. The monoisotopic (exact) mass is 379 g/mol. The zero-order valence-corrected chi connectivity index (χ0v) is 15.5. The summed E-state index contributed by atoms with van der Waals surface area (Å²) in [5, 5.41) is 2.46. The number of nitrogens with zero attached hydrogens (tertiary/aromatic N) is 2. The lowest BCUT2D eigenvalue weighted by Crippen LogP contribution is -2.21. The van der Waals surface area contributed by atoms with Crippen molar-refractivity contribution in [3.8, 4) is 0 Å². The van der Waals surface area contributed by atoms with E-state index in [0.717, 1.165) is 4.90 Å². The van der Waals surface area contributed by atoms with Gasteiger partial charge in [0.1, 0.15) is 0 Å². The van der Waals surface area contributed by atoms with E-state index < -0.39 is 0 Å². The molecule has 2 atom stereocenters. The highest BCUT2D eigenvalue weighted by Gasteiger charge is 2.39. The number of carbonyl (C=O) groups is 1. The van der Waals surface area contributed by atoms with Gasteiger partial charge >= 0.3 is 0 Å². The summed E-state index contributed by atoms with van der Waals surface area (Å²) in [5.74, 6) is 1.31. The van der Waals surface area contributed by atoms with Gasteiger partial charge in [0.05, 0.1) is 0 Å². The molecule has 1 fully saturated rings. The number of fused-ring (bicyclic) bond motifs is 1. The Morgan fingerprint density at radius 2 is 1.70 bits per heavy atom. The molecule has 1 amide bonds. The molecule has 0 spiro atoms. The average Bonchev–Trinajstić information content (AvgIpc) is 3.48. The molecule has 6 nitrogen and oxygen atoms in total. The van der Waals surface area contributed by atoms with Crippen LogP contribution >= 0.6 is 11.9 Å². The number of hydrogen-bond acceptors (Lipinski definition) is 4. The number of carbonyl (C=O) groups excluding carboxylic acids is 1. The molecule has 0 aliphatic heterocycles. The Balaban J connectivity index is 0.000000659. The number of benzene rings is 2. The highest BCUT2D eigenvalue weighted by Crippen LogP contribution is 2.55. The molecule has 1 aliphatic rings. The fourth-order valence-corrected chi connectivity index (χ4v) is 3.61. The van der Waals surface area contributed by atoms with Crippen LogP contribution in [0.25, 0.3) is 10.8 Å². The first-order valence-electron chi connectivity index (χ1n) is 8.47. The number of pyridine rings is 1. The van der Waals surface area contributed by atoms with Crippen LogP contribution in [0.15, 0.2) is 70.2 Å². The van der Waals surface area contributed by atoms with E-state index in [0.29, 0.717) is 11.8 Å². The summed E-state index contributed by atoms with van der Waals surface area (Å²) >= 11 is 1.30. The SMILES string of the molecule is NC(N)=NSc1ccc([C@@H]2CC2c2ccc3cnccc3c2)cc1.NC=O. The Hall–Kier alpha value is -3.06. The Morgan fingerprint density at radius 1 is 1.04 bits per heavy atom. The van der Waals surface area contributed by atoms with Gasteiger partial charge in [0.15, 0.2) is 5.96 Å². The molecule has 0 radical (unpaired) electrons. The molecule has 4 rings (SSSR count). The molecule has 1 unspecified atom stereocenters. The van der Waals surface area contributed by atoms with Crippen LogP contribution in [0, 0.1) is 0 Å². The first-order valence-corrected chi connectivity index (χ1v) is 9.24. The van der Waals surface area contributed by atoms with Crippen LogP contribution in [0.3, 0.4) is 0 Å². The molecule has 1 aliphatic carbocycles. The normalized spacial score (nSPS) is 17.5. The van der Waals surface area contributed by atoms with Crippen LogP contribution < -0.4 is 17.2 Å². The lowest BCUT2D eigenvalue weighted by Gasteiger charge is -2.04. The van der Waals surface area contributed by atoms with Crippen molar-refractivity contribution in [2.24, 2.45) is 21.6 Å². The molecular formula is C20H21N5OS. The highest BCUT2D eigenvalue weighted by molar-refractivity contribution is 7.98. The van der Waals surface area contributed by atoms with Crippen molar-refractivity contribution in [3.63, 3.8) is 0 Å². The molecule has 1 heterocycles. The Labute approximate surface area is 162 Å². The predicted octanol–water partition coefficient (Wildman–Crippen LogP) is 2.89. The minimum absolute atomic E-state index is 0.0952. The van der Waals surface area contributed by atoms with Crippen LogP contribution in [0.5, 0.6) is 0 Å². The Kier molecular flexibility index (Phi) is 5.93. The number of amides is 1.